The molecule has 1 rings (SSSR count). The Hall–Kier alpha value is -1.26. The van der Waals surface area contributed by atoms with Crippen LogP contribution >= 0.6 is 0 Å². The van der Waals surface area contributed by atoms with Gasteiger partial charge in [0.1, 0.15) is 0 Å². The van der Waals surface area contributed by atoms with Crippen LogP contribution in [-0.4, -0.2) is 33.4 Å². The topological polar surface area (TPSA) is 47.9 Å². The Morgan fingerprint density at radius 2 is 1.67 bits per heavy atom. The van der Waals surface area contributed by atoms with Gasteiger partial charge >= 0.3 is 8.56 Å². The first kappa shape index (κ1) is 17.8. The van der Waals surface area contributed by atoms with Gasteiger partial charge in [0, 0.05) is 12.2 Å². The Bertz CT molecular complexity index is 446. The van der Waals surface area contributed by atoms with E-state index in [4.69, 9.17) is 8.85 Å². The van der Waals surface area contributed by atoms with Crippen LogP contribution in [0.4, 0.5) is 0 Å². The van der Waals surface area contributed by atoms with Gasteiger partial charge in [-0.25, -0.2) is 9.79 Å². The third kappa shape index (κ3) is 5.94. The fraction of sp³-hybridized carbons (Fsp3) is 0.562. The minimum atomic E-state index is -2.54. The first-order valence-electron chi connectivity index (χ1n) is 7.45. The summed E-state index contributed by atoms with van der Waals surface area (Å²) in [5.41, 5.74) is 0. The van der Waals surface area contributed by atoms with Crippen LogP contribution in [0, 0.1) is 0 Å². The van der Waals surface area contributed by atoms with E-state index in [2.05, 4.69) is 17.1 Å². The highest BCUT2D eigenvalue weighted by Gasteiger charge is 2.41. The molecule has 1 aromatic rings. The van der Waals surface area contributed by atoms with Crippen LogP contribution in [-0.2, 0) is 13.6 Å². The lowest BCUT2D eigenvalue weighted by molar-refractivity contribution is 0.114. The number of isocyanates is 1. The number of hydrogen-bond acceptors (Lipinski definition) is 4. The molecule has 0 saturated heterocycles. The van der Waals surface area contributed by atoms with E-state index in [1.54, 1.807) is 6.08 Å². The molecule has 116 valence electrons. The van der Waals surface area contributed by atoms with Crippen molar-refractivity contribution in [3.05, 3.63) is 30.3 Å². The van der Waals surface area contributed by atoms with Gasteiger partial charge in [-0.15, -0.1) is 0 Å². The highest BCUT2D eigenvalue weighted by Crippen LogP contribution is 2.20. The van der Waals surface area contributed by atoms with E-state index in [0.717, 1.165) is 17.7 Å². The molecule has 0 spiro atoms. The maximum Gasteiger partial charge on any atom is 0.373 e. The summed E-state index contributed by atoms with van der Waals surface area (Å²) in [6.45, 7) is 8.57. The number of benzene rings is 1. The predicted octanol–water partition coefficient (Wildman–Crippen LogP) is 2.91. The van der Waals surface area contributed by atoms with Gasteiger partial charge < -0.3 is 8.85 Å². The van der Waals surface area contributed by atoms with Crippen LogP contribution in [0.25, 0.3) is 0 Å². The first-order chi connectivity index (χ1) is 10.00. The van der Waals surface area contributed by atoms with Crippen LogP contribution in [0.3, 0.4) is 0 Å². The summed E-state index contributed by atoms with van der Waals surface area (Å²) in [4.78, 5) is 13.8. The van der Waals surface area contributed by atoms with Crippen molar-refractivity contribution in [3.8, 4) is 0 Å². The third-order valence-electron chi connectivity index (χ3n) is 2.91. The second-order valence-electron chi connectivity index (χ2n) is 5.53. The molecule has 0 aliphatic rings. The van der Waals surface area contributed by atoms with Crippen molar-refractivity contribution < 1.29 is 13.6 Å². The zero-order valence-electron chi connectivity index (χ0n) is 13.3. The molecule has 0 N–H and O–H groups in total. The molecule has 0 radical (unpaired) electrons. The van der Waals surface area contributed by atoms with Crippen molar-refractivity contribution in [2.45, 2.75) is 52.4 Å². The lowest BCUT2D eigenvalue weighted by Gasteiger charge is -2.34. The van der Waals surface area contributed by atoms with Crippen LogP contribution < -0.4 is 5.19 Å². The summed E-state index contributed by atoms with van der Waals surface area (Å²) in [7, 11) is -2.54. The molecule has 0 amide bonds. The van der Waals surface area contributed by atoms with E-state index in [0.29, 0.717) is 6.54 Å². The van der Waals surface area contributed by atoms with Crippen molar-refractivity contribution in [3.63, 3.8) is 0 Å². The van der Waals surface area contributed by atoms with Crippen molar-refractivity contribution in [1.82, 2.24) is 0 Å². The smallest absolute Gasteiger partial charge is 0.373 e. The summed E-state index contributed by atoms with van der Waals surface area (Å²) in [5, 5.41) is 1.13. The van der Waals surface area contributed by atoms with Gasteiger partial charge in [0.25, 0.3) is 0 Å². The Kier molecular flexibility index (Phi) is 7.54. The van der Waals surface area contributed by atoms with Crippen LogP contribution in [0.15, 0.2) is 35.3 Å². The highest BCUT2D eigenvalue weighted by molar-refractivity contribution is 6.81. The standard InChI is InChI=1S/C16H25NO3Si/c1-14(2)19-21(20-15(3)4,12-8-11-17-13-18)16-9-6-5-7-10-16/h5-7,9-10,14-15H,8,11-12H2,1-4H3. The van der Waals surface area contributed by atoms with Crippen LogP contribution in [0.2, 0.25) is 6.04 Å². The number of carbonyl (C=O) groups excluding carboxylic acids is 1. The van der Waals surface area contributed by atoms with E-state index in [1.165, 1.54) is 0 Å². The predicted molar refractivity (Wildman–Crippen MR) is 86.7 cm³/mol. The molecule has 0 aliphatic heterocycles. The lowest BCUT2D eigenvalue weighted by Crippen LogP contribution is -2.56. The number of aliphatic imine (C=N–C) groups is 1. The first-order valence-corrected chi connectivity index (χ1v) is 9.47. The van der Waals surface area contributed by atoms with Crippen molar-refractivity contribution in [2.24, 2.45) is 4.99 Å². The molecule has 0 bridgehead atoms. The third-order valence-corrected chi connectivity index (χ3v) is 6.84. The molecule has 0 unspecified atom stereocenters. The molecule has 0 aliphatic carbocycles. The van der Waals surface area contributed by atoms with Crippen molar-refractivity contribution >= 4 is 19.8 Å². The largest absolute Gasteiger partial charge is 0.388 e. The minimum Gasteiger partial charge on any atom is -0.388 e. The van der Waals surface area contributed by atoms with E-state index in [1.807, 2.05) is 45.9 Å². The van der Waals surface area contributed by atoms with E-state index in [-0.39, 0.29) is 12.2 Å². The van der Waals surface area contributed by atoms with Gasteiger partial charge in [0.15, 0.2) is 0 Å². The molecule has 0 saturated carbocycles. The zero-order valence-corrected chi connectivity index (χ0v) is 14.3. The summed E-state index contributed by atoms with van der Waals surface area (Å²) in [5.74, 6) is 0. The maximum atomic E-state index is 10.2. The van der Waals surface area contributed by atoms with E-state index < -0.39 is 8.56 Å². The molecule has 0 fully saturated rings. The number of rotatable bonds is 9. The van der Waals surface area contributed by atoms with Gasteiger partial charge in [-0.3, -0.25) is 0 Å². The molecule has 1 aromatic carbocycles. The average Bonchev–Trinajstić information content (AvgIpc) is 2.43. The summed E-state index contributed by atoms with van der Waals surface area (Å²) < 4.78 is 12.6. The Balaban J connectivity index is 3.04. The molecule has 21 heavy (non-hydrogen) atoms. The summed E-state index contributed by atoms with van der Waals surface area (Å²) in [6.07, 6.45) is 2.52. The molecule has 0 heterocycles. The lowest BCUT2D eigenvalue weighted by atomic mass is 10.4. The normalized spacial score (nSPS) is 11.7. The van der Waals surface area contributed by atoms with Crippen molar-refractivity contribution in [1.29, 1.82) is 0 Å². The monoisotopic (exact) mass is 307 g/mol. The van der Waals surface area contributed by atoms with Crippen LogP contribution in [0.5, 0.6) is 0 Å². The maximum absolute atomic E-state index is 10.2. The second-order valence-corrected chi connectivity index (χ2v) is 8.58. The molecular weight excluding hydrogens is 282 g/mol. The van der Waals surface area contributed by atoms with Gasteiger partial charge in [-0.05, 0) is 45.3 Å². The van der Waals surface area contributed by atoms with Crippen LogP contribution in [0.1, 0.15) is 34.1 Å². The van der Waals surface area contributed by atoms with E-state index in [9.17, 15) is 4.79 Å². The Morgan fingerprint density at radius 3 is 2.14 bits per heavy atom. The Labute approximate surface area is 128 Å². The summed E-state index contributed by atoms with van der Waals surface area (Å²) >= 11 is 0. The molecule has 4 nitrogen and oxygen atoms in total. The zero-order chi connectivity index (χ0) is 15.7. The molecule has 0 aromatic heterocycles. The van der Waals surface area contributed by atoms with Gasteiger partial charge in [-0.2, -0.15) is 0 Å². The van der Waals surface area contributed by atoms with Gasteiger partial charge in [0.05, 0.1) is 6.54 Å². The SMILES string of the molecule is CC(C)O[Si](CCCN=C=O)(OC(C)C)c1ccccc1. The minimum absolute atomic E-state index is 0.0881. The molecular formula is C16H25NO3Si. The highest BCUT2D eigenvalue weighted by atomic mass is 28.4. The number of hydrogen-bond donors (Lipinski definition) is 0. The molecule has 0 atom stereocenters. The van der Waals surface area contributed by atoms with E-state index >= 15 is 0 Å². The quantitative estimate of drug-likeness (QED) is 0.305. The number of nitrogens with zero attached hydrogens (tertiary/aromatic N) is 1. The Morgan fingerprint density at radius 1 is 1.10 bits per heavy atom. The second kappa shape index (κ2) is 8.90. The van der Waals surface area contributed by atoms with Gasteiger partial charge in [0.2, 0.25) is 6.08 Å². The van der Waals surface area contributed by atoms with Gasteiger partial charge in [-0.1, -0.05) is 30.3 Å². The fourth-order valence-corrected chi connectivity index (χ4v) is 6.02. The fourth-order valence-electron chi connectivity index (χ4n) is 2.32. The average molecular weight is 307 g/mol. The van der Waals surface area contributed by atoms with Crippen molar-refractivity contribution in [2.75, 3.05) is 6.54 Å². The molecule has 5 heteroatoms. The summed E-state index contributed by atoms with van der Waals surface area (Å²) in [6, 6.07) is 10.9.